The Hall–Kier alpha value is -1.70. The number of hydrogen-bond donors (Lipinski definition) is 0. The van der Waals surface area contributed by atoms with Crippen LogP contribution in [-0.2, 0) is 10.8 Å². The minimum atomic E-state index is 0.317. The molecule has 100 valence electrons. The predicted octanol–water partition coefficient (Wildman–Crippen LogP) is 4.00. The van der Waals surface area contributed by atoms with Crippen LogP contribution in [0.2, 0.25) is 0 Å². The molecule has 2 fully saturated rings. The largest absolute Gasteiger partial charge is 0.260 e. The van der Waals surface area contributed by atoms with Gasteiger partial charge in [0.05, 0.1) is 11.4 Å². The highest BCUT2D eigenvalue weighted by Crippen LogP contribution is 2.69. The first-order valence-corrected chi connectivity index (χ1v) is 7.79. The van der Waals surface area contributed by atoms with E-state index in [1.807, 2.05) is 12.4 Å². The summed E-state index contributed by atoms with van der Waals surface area (Å²) in [5.74, 6) is 0. The Labute approximate surface area is 119 Å². The highest BCUT2D eigenvalue weighted by molar-refractivity contribution is 5.74. The molecule has 2 heterocycles. The summed E-state index contributed by atoms with van der Waals surface area (Å²) in [6.07, 6.45) is 11.9. The van der Waals surface area contributed by atoms with Crippen molar-refractivity contribution in [1.82, 2.24) is 9.97 Å². The maximum absolute atomic E-state index is 4.83. The molecule has 0 spiro atoms. The molecule has 2 aromatic heterocycles. The number of nitrogens with zero attached hydrogens (tertiary/aromatic N) is 2. The molecule has 0 aromatic carbocycles. The standard InChI is InChI=1S/C18H18N2/c1-2-8-18-10-9-17(18,7-1)14-6-4-11-19-15(14)13-5-3-12-20-16(13)18/h3-6,11-12H,1-2,7-10H2. The van der Waals surface area contributed by atoms with E-state index in [1.54, 1.807) is 0 Å². The van der Waals surface area contributed by atoms with Crippen LogP contribution < -0.4 is 0 Å². The fraction of sp³-hybridized carbons (Fsp3) is 0.444. The van der Waals surface area contributed by atoms with Gasteiger partial charge in [0, 0.05) is 28.8 Å². The van der Waals surface area contributed by atoms with Crippen molar-refractivity contribution in [3.05, 3.63) is 47.9 Å². The van der Waals surface area contributed by atoms with Gasteiger partial charge in [-0.05, 0) is 49.4 Å². The maximum Gasteiger partial charge on any atom is 0.0758 e. The van der Waals surface area contributed by atoms with Crippen LogP contribution in [0.1, 0.15) is 49.8 Å². The van der Waals surface area contributed by atoms with Gasteiger partial charge in [-0.1, -0.05) is 18.9 Å². The SMILES string of the molecule is c1cnc2c(c1)-c1ncccc1C13CCCCC21CC3. The molecule has 3 aliphatic rings. The number of rotatable bonds is 0. The summed E-state index contributed by atoms with van der Waals surface area (Å²) in [6.45, 7) is 0. The van der Waals surface area contributed by atoms with Crippen LogP contribution in [0.3, 0.4) is 0 Å². The van der Waals surface area contributed by atoms with E-state index in [1.165, 1.54) is 61.0 Å². The molecule has 2 unspecified atom stereocenters. The molecular formula is C18H18N2. The number of pyridine rings is 2. The first-order chi connectivity index (χ1) is 9.87. The van der Waals surface area contributed by atoms with Crippen LogP contribution in [0.25, 0.3) is 11.3 Å². The van der Waals surface area contributed by atoms with Crippen molar-refractivity contribution in [2.45, 2.75) is 49.4 Å². The average Bonchev–Trinajstić information content (AvgIpc) is 2.49. The lowest BCUT2D eigenvalue weighted by Gasteiger charge is -2.64. The van der Waals surface area contributed by atoms with Crippen LogP contribution in [0.5, 0.6) is 0 Å². The minimum absolute atomic E-state index is 0.317. The van der Waals surface area contributed by atoms with Crippen LogP contribution in [-0.4, -0.2) is 9.97 Å². The van der Waals surface area contributed by atoms with Gasteiger partial charge < -0.3 is 0 Å². The van der Waals surface area contributed by atoms with Crippen molar-refractivity contribution in [2.24, 2.45) is 0 Å². The van der Waals surface area contributed by atoms with Crippen molar-refractivity contribution in [1.29, 1.82) is 0 Å². The van der Waals surface area contributed by atoms with Gasteiger partial charge in [-0.25, -0.2) is 0 Å². The Morgan fingerprint density at radius 2 is 1.55 bits per heavy atom. The molecule has 0 radical (unpaired) electrons. The van der Waals surface area contributed by atoms with Crippen LogP contribution in [0, 0.1) is 0 Å². The third-order valence-corrected chi connectivity index (χ3v) is 6.19. The molecule has 2 aromatic rings. The lowest BCUT2D eigenvalue weighted by molar-refractivity contribution is 0.0167. The van der Waals surface area contributed by atoms with Gasteiger partial charge in [0.15, 0.2) is 0 Å². The molecule has 0 saturated heterocycles. The molecule has 2 saturated carbocycles. The minimum Gasteiger partial charge on any atom is -0.260 e. The summed E-state index contributed by atoms with van der Waals surface area (Å²) < 4.78 is 0. The van der Waals surface area contributed by atoms with E-state index in [0.29, 0.717) is 10.8 Å². The second-order valence-electron chi connectivity index (χ2n) is 6.67. The van der Waals surface area contributed by atoms with E-state index in [-0.39, 0.29) is 0 Å². The van der Waals surface area contributed by atoms with E-state index >= 15 is 0 Å². The quantitative estimate of drug-likeness (QED) is 0.717. The normalized spacial score (nSPS) is 33.2. The molecule has 0 N–H and O–H groups in total. The van der Waals surface area contributed by atoms with Gasteiger partial charge in [-0.15, -0.1) is 0 Å². The Kier molecular flexibility index (Phi) is 1.92. The maximum atomic E-state index is 4.83. The summed E-state index contributed by atoms with van der Waals surface area (Å²) in [5, 5.41) is 0. The third kappa shape index (κ3) is 1.02. The molecule has 0 bridgehead atoms. The second kappa shape index (κ2) is 3.49. The molecule has 0 amide bonds. The van der Waals surface area contributed by atoms with Gasteiger partial charge in [0.2, 0.25) is 0 Å². The first kappa shape index (κ1) is 11.0. The Morgan fingerprint density at radius 3 is 2.40 bits per heavy atom. The molecular weight excluding hydrogens is 244 g/mol. The summed E-state index contributed by atoms with van der Waals surface area (Å²) in [4.78, 5) is 9.55. The summed E-state index contributed by atoms with van der Waals surface area (Å²) in [7, 11) is 0. The van der Waals surface area contributed by atoms with Gasteiger partial charge in [0.25, 0.3) is 0 Å². The highest BCUT2D eigenvalue weighted by atomic mass is 14.8. The number of aromatic nitrogens is 2. The predicted molar refractivity (Wildman–Crippen MR) is 78.5 cm³/mol. The van der Waals surface area contributed by atoms with E-state index in [2.05, 4.69) is 24.3 Å². The second-order valence-corrected chi connectivity index (χ2v) is 6.67. The lowest BCUT2D eigenvalue weighted by atomic mass is 9.38. The summed E-state index contributed by atoms with van der Waals surface area (Å²) in [5.41, 5.74) is 6.01. The zero-order valence-electron chi connectivity index (χ0n) is 11.6. The first-order valence-electron chi connectivity index (χ1n) is 7.79. The van der Waals surface area contributed by atoms with Crippen molar-refractivity contribution < 1.29 is 0 Å². The zero-order valence-corrected chi connectivity index (χ0v) is 11.6. The van der Waals surface area contributed by atoms with Gasteiger partial charge in [-0.3, -0.25) is 9.97 Å². The highest BCUT2D eigenvalue weighted by Gasteiger charge is 2.65. The number of hydrogen-bond acceptors (Lipinski definition) is 2. The molecule has 2 atom stereocenters. The molecule has 2 nitrogen and oxygen atoms in total. The Morgan fingerprint density at radius 1 is 0.800 bits per heavy atom. The molecule has 0 aliphatic heterocycles. The fourth-order valence-electron chi connectivity index (χ4n) is 5.29. The van der Waals surface area contributed by atoms with Crippen molar-refractivity contribution in [2.75, 3.05) is 0 Å². The summed E-state index contributed by atoms with van der Waals surface area (Å²) >= 11 is 0. The van der Waals surface area contributed by atoms with Crippen LogP contribution >= 0.6 is 0 Å². The van der Waals surface area contributed by atoms with Crippen molar-refractivity contribution in [3.63, 3.8) is 0 Å². The Balaban J connectivity index is 1.90. The van der Waals surface area contributed by atoms with Gasteiger partial charge in [0.1, 0.15) is 0 Å². The Bertz CT molecular complexity index is 647. The van der Waals surface area contributed by atoms with Gasteiger partial charge in [-0.2, -0.15) is 0 Å². The fourth-order valence-corrected chi connectivity index (χ4v) is 5.29. The van der Waals surface area contributed by atoms with Crippen molar-refractivity contribution >= 4 is 0 Å². The van der Waals surface area contributed by atoms with Crippen LogP contribution in [0.15, 0.2) is 36.7 Å². The molecule has 20 heavy (non-hydrogen) atoms. The van der Waals surface area contributed by atoms with Crippen molar-refractivity contribution in [3.8, 4) is 11.3 Å². The number of fused-ring (bicyclic) bond motifs is 3. The van der Waals surface area contributed by atoms with Gasteiger partial charge >= 0.3 is 0 Å². The monoisotopic (exact) mass is 262 g/mol. The molecule has 2 heteroatoms. The van der Waals surface area contributed by atoms with Crippen LogP contribution in [0.4, 0.5) is 0 Å². The average molecular weight is 262 g/mol. The van der Waals surface area contributed by atoms with E-state index in [0.717, 1.165) is 0 Å². The topological polar surface area (TPSA) is 25.8 Å². The molecule has 3 aliphatic carbocycles. The van der Waals surface area contributed by atoms with E-state index < -0.39 is 0 Å². The van der Waals surface area contributed by atoms with E-state index in [4.69, 9.17) is 9.97 Å². The summed E-state index contributed by atoms with van der Waals surface area (Å²) in [6, 6.07) is 8.73. The lowest BCUT2D eigenvalue weighted by Crippen LogP contribution is -2.61. The third-order valence-electron chi connectivity index (χ3n) is 6.19. The van der Waals surface area contributed by atoms with E-state index in [9.17, 15) is 0 Å². The smallest absolute Gasteiger partial charge is 0.0758 e. The zero-order chi connectivity index (χ0) is 13.2. The molecule has 5 rings (SSSR count).